The van der Waals surface area contributed by atoms with E-state index in [1.807, 2.05) is 0 Å². The predicted octanol–water partition coefficient (Wildman–Crippen LogP) is 0.431. The second kappa shape index (κ2) is 4.99. The lowest BCUT2D eigenvalue weighted by Gasteiger charge is -2.19. The number of nitrogens with zero attached hydrogens (tertiary/aromatic N) is 1. The molecule has 0 aromatic heterocycles. The fourth-order valence-corrected chi connectivity index (χ4v) is 3.68. The van der Waals surface area contributed by atoms with Crippen LogP contribution in [0.2, 0.25) is 0 Å². The SMILES string of the molecule is O=S(=O)(c1ccccc1C(F)(F)F)N1C[C@@H](O)[C@@H](O)C1. The zero-order valence-electron chi connectivity index (χ0n) is 10.1. The highest BCUT2D eigenvalue weighted by Crippen LogP contribution is 2.35. The summed E-state index contributed by atoms with van der Waals surface area (Å²) in [5.74, 6) is 0. The number of aliphatic hydroxyl groups is 2. The topological polar surface area (TPSA) is 77.8 Å². The van der Waals surface area contributed by atoms with Crippen molar-refractivity contribution in [2.45, 2.75) is 23.3 Å². The van der Waals surface area contributed by atoms with Gasteiger partial charge >= 0.3 is 6.18 Å². The van der Waals surface area contributed by atoms with Crippen LogP contribution in [0.25, 0.3) is 0 Å². The summed E-state index contributed by atoms with van der Waals surface area (Å²) in [6, 6.07) is 3.81. The van der Waals surface area contributed by atoms with Crippen molar-refractivity contribution in [1.29, 1.82) is 0 Å². The van der Waals surface area contributed by atoms with Gasteiger partial charge in [-0.1, -0.05) is 12.1 Å². The third-order valence-electron chi connectivity index (χ3n) is 3.04. The van der Waals surface area contributed by atoms with Crippen LogP contribution in [0.15, 0.2) is 29.2 Å². The minimum atomic E-state index is -4.80. The Labute approximate surface area is 113 Å². The zero-order chi connectivity index (χ0) is 15.1. The third-order valence-corrected chi connectivity index (χ3v) is 4.93. The first kappa shape index (κ1) is 15.2. The van der Waals surface area contributed by atoms with Crippen molar-refractivity contribution < 1.29 is 31.8 Å². The molecule has 1 saturated heterocycles. The van der Waals surface area contributed by atoms with E-state index in [2.05, 4.69) is 0 Å². The van der Waals surface area contributed by atoms with E-state index in [1.54, 1.807) is 0 Å². The van der Waals surface area contributed by atoms with E-state index in [0.717, 1.165) is 12.1 Å². The summed E-state index contributed by atoms with van der Waals surface area (Å²) < 4.78 is 63.6. The Kier molecular flexibility index (Phi) is 3.80. The molecule has 20 heavy (non-hydrogen) atoms. The molecule has 2 atom stereocenters. The van der Waals surface area contributed by atoms with Gasteiger partial charge in [-0.15, -0.1) is 0 Å². The monoisotopic (exact) mass is 311 g/mol. The van der Waals surface area contributed by atoms with Gasteiger partial charge in [-0.25, -0.2) is 8.42 Å². The molecule has 0 bridgehead atoms. The van der Waals surface area contributed by atoms with Gasteiger partial charge in [0.2, 0.25) is 10.0 Å². The molecule has 1 fully saturated rings. The van der Waals surface area contributed by atoms with Gasteiger partial charge in [-0.05, 0) is 12.1 Å². The van der Waals surface area contributed by atoms with Gasteiger partial charge in [0, 0.05) is 13.1 Å². The second-order valence-electron chi connectivity index (χ2n) is 4.45. The summed E-state index contributed by atoms with van der Waals surface area (Å²) in [5.41, 5.74) is -1.27. The fourth-order valence-electron chi connectivity index (χ4n) is 2.00. The van der Waals surface area contributed by atoms with E-state index in [1.165, 1.54) is 6.07 Å². The van der Waals surface area contributed by atoms with Crippen LogP contribution in [0.4, 0.5) is 13.2 Å². The van der Waals surface area contributed by atoms with Gasteiger partial charge in [0.15, 0.2) is 0 Å². The molecule has 0 amide bonds. The smallest absolute Gasteiger partial charge is 0.389 e. The average Bonchev–Trinajstić information content (AvgIpc) is 2.69. The zero-order valence-corrected chi connectivity index (χ0v) is 10.9. The van der Waals surface area contributed by atoms with Crippen LogP contribution in [0.3, 0.4) is 0 Å². The molecule has 2 N–H and O–H groups in total. The van der Waals surface area contributed by atoms with E-state index in [-0.39, 0.29) is 0 Å². The molecule has 1 heterocycles. The highest BCUT2D eigenvalue weighted by atomic mass is 32.2. The van der Waals surface area contributed by atoms with Crippen LogP contribution in [0, 0.1) is 0 Å². The Hall–Kier alpha value is -1.16. The van der Waals surface area contributed by atoms with Crippen LogP contribution >= 0.6 is 0 Å². The summed E-state index contributed by atoms with van der Waals surface area (Å²) >= 11 is 0. The summed E-state index contributed by atoms with van der Waals surface area (Å²) in [6.45, 7) is -0.870. The number of rotatable bonds is 2. The molecule has 0 unspecified atom stereocenters. The van der Waals surface area contributed by atoms with Crippen molar-refractivity contribution in [3.05, 3.63) is 29.8 Å². The number of aliphatic hydroxyl groups excluding tert-OH is 2. The van der Waals surface area contributed by atoms with Gasteiger partial charge in [0.25, 0.3) is 0 Å². The van der Waals surface area contributed by atoms with Crippen molar-refractivity contribution in [3.63, 3.8) is 0 Å². The maximum absolute atomic E-state index is 12.8. The lowest BCUT2D eigenvalue weighted by atomic mass is 10.2. The van der Waals surface area contributed by atoms with Gasteiger partial charge < -0.3 is 10.2 Å². The molecule has 9 heteroatoms. The van der Waals surface area contributed by atoms with Crippen molar-refractivity contribution in [2.24, 2.45) is 0 Å². The molecular formula is C11H12F3NO4S. The summed E-state index contributed by atoms with van der Waals surface area (Å²) in [7, 11) is -4.42. The second-order valence-corrected chi connectivity index (χ2v) is 6.36. The highest BCUT2D eigenvalue weighted by Gasteiger charge is 2.42. The van der Waals surface area contributed by atoms with Gasteiger partial charge in [0.05, 0.1) is 22.7 Å². The molecule has 2 rings (SSSR count). The molecule has 0 spiro atoms. The third kappa shape index (κ3) is 2.66. The van der Waals surface area contributed by atoms with Crippen LogP contribution in [-0.4, -0.2) is 48.2 Å². The summed E-state index contributed by atoms with van der Waals surface area (Å²) in [4.78, 5) is -0.881. The van der Waals surface area contributed by atoms with Crippen LogP contribution in [-0.2, 0) is 16.2 Å². The normalized spacial score (nSPS) is 25.1. The molecule has 0 saturated carbocycles. The molecular weight excluding hydrogens is 299 g/mol. The number of halogens is 3. The Morgan fingerprint density at radius 1 is 1.10 bits per heavy atom. The van der Waals surface area contributed by atoms with Gasteiger partial charge in [-0.3, -0.25) is 0 Å². The molecule has 1 aliphatic heterocycles. The first-order chi connectivity index (χ1) is 9.14. The molecule has 112 valence electrons. The van der Waals surface area contributed by atoms with E-state index in [9.17, 15) is 31.8 Å². The van der Waals surface area contributed by atoms with Gasteiger partial charge in [-0.2, -0.15) is 17.5 Å². The minimum absolute atomic E-state index is 0.435. The lowest BCUT2D eigenvalue weighted by molar-refractivity contribution is -0.139. The Balaban J connectivity index is 2.46. The van der Waals surface area contributed by atoms with Crippen LogP contribution in [0.5, 0.6) is 0 Å². The Morgan fingerprint density at radius 2 is 1.60 bits per heavy atom. The molecule has 0 aliphatic carbocycles. The van der Waals surface area contributed by atoms with E-state index in [0.29, 0.717) is 10.4 Å². The summed E-state index contributed by atoms with van der Waals surface area (Å²) in [6.07, 6.45) is -7.41. The molecule has 1 aromatic rings. The predicted molar refractivity (Wildman–Crippen MR) is 62.2 cm³/mol. The van der Waals surface area contributed by atoms with Crippen molar-refractivity contribution in [1.82, 2.24) is 4.31 Å². The van der Waals surface area contributed by atoms with Crippen molar-refractivity contribution in [2.75, 3.05) is 13.1 Å². The molecule has 5 nitrogen and oxygen atoms in total. The van der Waals surface area contributed by atoms with E-state index >= 15 is 0 Å². The van der Waals surface area contributed by atoms with E-state index < -0.39 is 52.0 Å². The highest BCUT2D eigenvalue weighted by molar-refractivity contribution is 7.89. The maximum Gasteiger partial charge on any atom is 0.417 e. The largest absolute Gasteiger partial charge is 0.417 e. The first-order valence-electron chi connectivity index (χ1n) is 5.66. The van der Waals surface area contributed by atoms with Crippen molar-refractivity contribution >= 4 is 10.0 Å². The fraction of sp³-hybridized carbons (Fsp3) is 0.455. The lowest BCUT2D eigenvalue weighted by Crippen LogP contribution is -2.31. The number of β-amino-alcohol motifs (C(OH)–C–C–N with tert-alkyl or cyclic N) is 2. The first-order valence-corrected chi connectivity index (χ1v) is 7.10. The molecule has 1 aromatic carbocycles. The maximum atomic E-state index is 12.8. The minimum Gasteiger partial charge on any atom is -0.389 e. The van der Waals surface area contributed by atoms with Crippen molar-refractivity contribution in [3.8, 4) is 0 Å². The number of hydrogen-bond acceptors (Lipinski definition) is 4. The number of sulfonamides is 1. The Morgan fingerprint density at radius 3 is 2.10 bits per heavy atom. The van der Waals surface area contributed by atoms with Crippen LogP contribution in [0.1, 0.15) is 5.56 Å². The standard InChI is InChI=1S/C11H12F3NO4S/c12-11(13,14)7-3-1-2-4-10(7)20(18,19)15-5-8(16)9(17)6-15/h1-4,8-9,16-17H,5-6H2/t8-,9+. The van der Waals surface area contributed by atoms with Crippen LogP contribution < -0.4 is 0 Å². The molecule has 1 aliphatic rings. The number of alkyl halides is 3. The number of hydrogen-bond donors (Lipinski definition) is 2. The Bertz CT molecular complexity index is 592. The van der Waals surface area contributed by atoms with Gasteiger partial charge in [0.1, 0.15) is 0 Å². The average molecular weight is 311 g/mol. The molecule has 0 radical (unpaired) electrons. The number of benzene rings is 1. The quantitative estimate of drug-likeness (QED) is 0.830. The summed E-state index contributed by atoms with van der Waals surface area (Å²) in [5, 5.41) is 18.7. The van der Waals surface area contributed by atoms with E-state index in [4.69, 9.17) is 0 Å².